The molecule has 1 aliphatic rings. The summed E-state index contributed by atoms with van der Waals surface area (Å²) in [4.78, 5) is 14.3. The molecule has 1 aliphatic heterocycles. The van der Waals surface area contributed by atoms with E-state index in [-0.39, 0.29) is 28.3 Å². The SMILES string of the molecule is CC(C)(C)OC(=O)N1CC1C(CO[Si](C)(C)C(C)(C)C)O[Si](C)(C)C(C)(C)C. The summed E-state index contributed by atoms with van der Waals surface area (Å²) in [5.74, 6) is 0. The summed E-state index contributed by atoms with van der Waals surface area (Å²) < 4.78 is 18.8. The number of ether oxygens (including phenoxy) is 1. The zero-order chi connectivity index (χ0) is 22.3. The lowest BCUT2D eigenvalue weighted by Crippen LogP contribution is -2.50. The quantitative estimate of drug-likeness (QED) is 0.381. The molecular formula is C21H45NO4Si2. The fourth-order valence-electron chi connectivity index (χ4n) is 2.29. The summed E-state index contributed by atoms with van der Waals surface area (Å²) in [6.07, 6.45) is -0.365. The minimum atomic E-state index is -1.99. The van der Waals surface area contributed by atoms with Crippen molar-refractivity contribution in [2.45, 2.75) is 116 Å². The molecule has 1 heterocycles. The Labute approximate surface area is 175 Å². The number of amides is 1. The second kappa shape index (κ2) is 8.04. The fraction of sp³-hybridized carbons (Fsp3) is 0.952. The van der Waals surface area contributed by atoms with Gasteiger partial charge in [-0.1, -0.05) is 41.5 Å². The Morgan fingerprint density at radius 1 is 0.929 bits per heavy atom. The summed E-state index contributed by atoms with van der Waals surface area (Å²) in [5.41, 5.74) is -0.488. The van der Waals surface area contributed by atoms with Crippen LogP contribution in [0.15, 0.2) is 0 Å². The molecule has 7 heteroatoms. The Hall–Kier alpha value is -0.376. The zero-order valence-electron chi connectivity index (χ0n) is 20.6. The van der Waals surface area contributed by atoms with Gasteiger partial charge in [0.1, 0.15) is 5.60 Å². The molecule has 1 fully saturated rings. The summed E-state index contributed by atoms with van der Waals surface area (Å²) in [6.45, 7) is 29.4. The fourth-order valence-corrected chi connectivity index (χ4v) is 4.64. The van der Waals surface area contributed by atoms with Crippen molar-refractivity contribution in [2.24, 2.45) is 0 Å². The molecule has 28 heavy (non-hydrogen) atoms. The van der Waals surface area contributed by atoms with Crippen LogP contribution in [-0.4, -0.2) is 58.5 Å². The molecule has 1 rings (SSSR count). The Kier molecular flexibility index (Phi) is 7.37. The van der Waals surface area contributed by atoms with Gasteiger partial charge >= 0.3 is 6.09 Å². The molecule has 2 unspecified atom stereocenters. The van der Waals surface area contributed by atoms with Crippen molar-refractivity contribution in [3.8, 4) is 0 Å². The van der Waals surface area contributed by atoms with E-state index in [0.29, 0.717) is 13.2 Å². The van der Waals surface area contributed by atoms with E-state index in [4.69, 9.17) is 13.6 Å². The van der Waals surface area contributed by atoms with Gasteiger partial charge < -0.3 is 13.6 Å². The van der Waals surface area contributed by atoms with Crippen molar-refractivity contribution in [1.29, 1.82) is 0 Å². The second-order valence-electron chi connectivity index (χ2n) is 12.2. The maximum absolute atomic E-state index is 12.5. The molecule has 0 spiro atoms. The summed E-state index contributed by atoms with van der Waals surface area (Å²) >= 11 is 0. The Balaban J connectivity index is 2.94. The first kappa shape index (κ1) is 25.7. The maximum Gasteiger partial charge on any atom is 0.410 e. The van der Waals surface area contributed by atoms with Crippen molar-refractivity contribution in [3.05, 3.63) is 0 Å². The van der Waals surface area contributed by atoms with Crippen molar-refractivity contribution in [3.63, 3.8) is 0 Å². The number of hydrogen-bond donors (Lipinski definition) is 0. The Morgan fingerprint density at radius 2 is 1.39 bits per heavy atom. The van der Waals surface area contributed by atoms with Gasteiger partial charge in [-0.05, 0) is 57.0 Å². The van der Waals surface area contributed by atoms with Crippen LogP contribution in [0.3, 0.4) is 0 Å². The molecule has 0 radical (unpaired) electrons. The molecule has 0 aromatic carbocycles. The molecule has 2 atom stereocenters. The highest BCUT2D eigenvalue weighted by Crippen LogP contribution is 2.41. The average Bonchev–Trinajstić information content (AvgIpc) is 3.19. The van der Waals surface area contributed by atoms with Crippen LogP contribution in [-0.2, 0) is 13.6 Å². The van der Waals surface area contributed by atoms with Gasteiger partial charge in [0.25, 0.3) is 0 Å². The molecular weight excluding hydrogens is 386 g/mol. The van der Waals surface area contributed by atoms with E-state index in [1.807, 2.05) is 20.8 Å². The lowest BCUT2D eigenvalue weighted by molar-refractivity contribution is 0.0341. The van der Waals surface area contributed by atoms with Crippen molar-refractivity contribution < 1.29 is 18.4 Å². The van der Waals surface area contributed by atoms with Crippen LogP contribution in [0.25, 0.3) is 0 Å². The van der Waals surface area contributed by atoms with E-state index in [0.717, 1.165) is 0 Å². The topological polar surface area (TPSA) is 47.8 Å². The summed E-state index contributed by atoms with van der Waals surface area (Å²) in [5, 5.41) is 0.247. The van der Waals surface area contributed by atoms with Gasteiger partial charge in [-0.15, -0.1) is 0 Å². The van der Waals surface area contributed by atoms with E-state index in [2.05, 4.69) is 67.7 Å². The van der Waals surface area contributed by atoms with Crippen LogP contribution >= 0.6 is 0 Å². The van der Waals surface area contributed by atoms with Crippen LogP contribution in [0.5, 0.6) is 0 Å². The first-order valence-electron chi connectivity index (χ1n) is 10.5. The maximum atomic E-state index is 12.5. The lowest BCUT2D eigenvalue weighted by atomic mass is 10.2. The largest absolute Gasteiger partial charge is 0.444 e. The highest BCUT2D eigenvalue weighted by atomic mass is 28.4. The molecule has 166 valence electrons. The molecule has 1 saturated heterocycles. The number of hydrogen-bond acceptors (Lipinski definition) is 4. The highest BCUT2D eigenvalue weighted by Gasteiger charge is 2.51. The third-order valence-electron chi connectivity index (χ3n) is 6.37. The Bertz CT molecular complexity index is 556. The van der Waals surface area contributed by atoms with E-state index in [9.17, 15) is 4.79 Å². The molecule has 0 aliphatic carbocycles. The molecule has 5 nitrogen and oxygen atoms in total. The number of rotatable bonds is 6. The molecule has 0 bridgehead atoms. The van der Waals surface area contributed by atoms with Crippen molar-refractivity contribution >= 4 is 22.7 Å². The molecule has 0 N–H and O–H groups in total. The monoisotopic (exact) mass is 431 g/mol. The average molecular weight is 432 g/mol. The third-order valence-corrected chi connectivity index (χ3v) is 15.4. The van der Waals surface area contributed by atoms with Gasteiger partial charge in [0, 0.05) is 6.54 Å². The van der Waals surface area contributed by atoms with Crippen LogP contribution in [0.4, 0.5) is 4.79 Å². The first-order valence-corrected chi connectivity index (χ1v) is 16.3. The van der Waals surface area contributed by atoms with Gasteiger partial charge in [0.05, 0.1) is 18.8 Å². The minimum Gasteiger partial charge on any atom is -0.444 e. The minimum absolute atomic E-state index is 0.0359. The number of carbonyl (C=O) groups excluding carboxylic acids is 1. The van der Waals surface area contributed by atoms with Crippen molar-refractivity contribution in [1.82, 2.24) is 4.90 Å². The van der Waals surface area contributed by atoms with Crippen LogP contribution in [0.2, 0.25) is 36.3 Å². The second-order valence-corrected chi connectivity index (χ2v) is 21.8. The number of nitrogens with zero attached hydrogens (tertiary/aromatic N) is 1. The van der Waals surface area contributed by atoms with Crippen LogP contribution in [0, 0.1) is 0 Å². The van der Waals surface area contributed by atoms with E-state index >= 15 is 0 Å². The van der Waals surface area contributed by atoms with Gasteiger partial charge in [-0.2, -0.15) is 0 Å². The third kappa shape index (κ3) is 6.85. The molecule has 0 saturated carbocycles. The first-order chi connectivity index (χ1) is 12.2. The van der Waals surface area contributed by atoms with Gasteiger partial charge in [-0.25, -0.2) is 4.79 Å². The zero-order valence-corrected chi connectivity index (χ0v) is 22.6. The molecule has 1 amide bonds. The van der Waals surface area contributed by atoms with Gasteiger partial charge in [0.2, 0.25) is 0 Å². The number of carbonyl (C=O) groups is 1. The van der Waals surface area contributed by atoms with Gasteiger partial charge in [-0.3, -0.25) is 4.90 Å². The predicted octanol–water partition coefficient (Wildman–Crippen LogP) is 6.02. The molecule has 0 aromatic heterocycles. The summed E-state index contributed by atoms with van der Waals surface area (Å²) in [7, 11) is -3.88. The predicted molar refractivity (Wildman–Crippen MR) is 122 cm³/mol. The van der Waals surface area contributed by atoms with Crippen LogP contribution in [0.1, 0.15) is 62.3 Å². The highest BCUT2D eigenvalue weighted by molar-refractivity contribution is 6.74. The standard InChI is InChI=1S/C21H45NO4Si2/c1-19(2,3)25-18(23)22-14-16(22)17(26-28(12,13)21(7,8)9)15-24-27(10,11)20(4,5)6/h16-17H,14-15H2,1-13H3. The van der Waals surface area contributed by atoms with E-state index < -0.39 is 22.2 Å². The van der Waals surface area contributed by atoms with Crippen molar-refractivity contribution in [2.75, 3.05) is 13.2 Å². The van der Waals surface area contributed by atoms with E-state index in [1.165, 1.54) is 0 Å². The lowest BCUT2D eigenvalue weighted by Gasteiger charge is -2.41. The van der Waals surface area contributed by atoms with Gasteiger partial charge in [0.15, 0.2) is 16.6 Å². The Morgan fingerprint density at radius 3 is 1.79 bits per heavy atom. The normalized spacial score (nSPS) is 20.2. The molecule has 0 aromatic rings. The van der Waals surface area contributed by atoms with Crippen LogP contribution < -0.4 is 0 Å². The summed E-state index contributed by atoms with van der Waals surface area (Å²) in [6, 6.07) is 0.0359. The smallest absolute Gasteiger partial charge is 0.410 e. The van der Waals surface area contributed by atoms with E-state index in [1.54, 1.807) is 4.90 Å².